The average molecular weight is 690 g/mol. The fourth-order valence-corrected chi connectivity index (χ4v) is 7.82. The maximum absolute atomic E-state index is 7.00. The van der Waals surface area contributed by atoms with E-state index in [1.165, 1.54) is 33.0 Å². The molecule has 0 radical (unpaired) electrons. The van der Waals surface area contributed by atoms with Crippen molar-refractivity contribution < 1.29 is 4.42 Å². The Balaban J connectivity index is 1.07. The lowest BCUT2D eigenvalue weighted by Crippen LogP contribution is -2.09. The van der Waals surface area contributed by atoms with E-state index in [9.17, 15) is 0 Å². The molecular weight excluding hydrogens is 655 g/mol. The highest BCUT2D eigenvalue weighted by Gasteiger charge is 2.19. The first-order chi connectivity index (χ1) is 26.8. The summed E-state index contributed by atoms with van der Waals surface area (Å²) in [5, 5.41) is 4.62. The smallest absolute Gasteiger partial charge is 0.143 e. The molecule has 0 spiro atoms. The summed E-state index contributed by atoms with van der Waals surface area (Å²) in [5.41, 5.74) is 14.3. The second-order valence-electron chi connectivity index (χ2n) is 13.7. The summed E-state index contributed by atoms with van der Waals surface area (Å²) in [7, 11) is 0. The van der Waals surface area contributed by atoms with Crippen molar-refractivity contribution in [3.8, 4) is 44.5 Å². The second kappa shape index (κ2) is 13.4. The molecular formula is C52H35NO. The number of anilines is 3. The van der Waals surface area contributed by atoms with Gasteiger partial charge in [-0.1, -0.05) is 170 Å². The second-order valence-corrected chi connectivity index (χ2v) is 13.7. The van der Waals surface area contributed by atoms with Gasteiger partial charge in [0, 0.05) is 39.0 Å². The highest BCUT2D eigenvalue weighted by atomic mass is 16.3. The lowest BCUT2D eigenvalue weighted by Gasteiger charge is -2.26. The molecule has 0 saturated carbocycles. The zero-order valence-electron chi connectivity index (χ0n) is 29.6. The summed E-state index contributed by atoms with van der Waals surface area (Å²) in [6.45, 7) is 0. The Labute approximate surface area is 314 Å². The molecule has 0 aliphatic rings. The maximum Gasteiger partial charge on any atom is 0.143 e. The molecule has 1 heterocycles. The number of benzene rings is 9. The highest BCUT2D eigenvalue weighted by molar-refractivity contribution is 6.20. The predicted octanol–water partition coefficient (Wildman–Crippen LogP) is 14.9. The van der Waals surface area contributed by atoms with Crippen LogP contribution >= 0.6 is 0 Å². The van der Waals surface area contributed by atoms with Gasteiger partial charge in [0.25, 0.3) is 0 Å². The first-order valence-electron chi connectivity index (χ1n) is 18.4. The molecule has 2 heteroatoms. The first kappa shape index (κ1) is 31.6. The zero-order valence-corrected chi connectivity index (χ0v) is 29.6. The van der Waals surface area contributed by atoms with E-state index >= 15 is 0 Å². The number of para-hydroxylation sites is 2. The van der Waals surface area contributed by atoms with Gasteiger partial charge in [-0.15, -0.1) is 0 Å². The molecule has 0 aliphatic heterocycles. The molecule has 0 amide bonds. The summed E-state index contributed by atoms with van der Waals surface area (Å²) >= 11 is 0. The van der Waals surface area contributed by atoms with Gasteiger partial charge in [0.15, 0.2) is 0 Å². The summed E-state index contributed by atoms with van der Waals surface area (Å²) in [5.74, 6) is 0. The van der Waals surface area contributed by atoms with E-state index in [0.717, 1.165) is 61.3 Å². The average Bonchev–Trinajstić information content (AvgIpc) is 3.63. The van der Waals surface area contributed by atoms with Gasteiger partial charge in [0.1, 0.15) is 11.2 Å². The van der Waals surface area contributed by atoms with Crippen LogP contribution in [-0.2, 0) is 0 Å². The number of furan rings is 1. The van der Waals surface area contributed by atoms with Gasteiger partial charge in [-0.25, -0.2) is 0 Å². The third kappa shape index (κ3) is 5.62. The molecule has 10 aromatic rings. The van der Waals surface area contributed by atoms with Crippen molar-refractivity contribution in [1.29, 1.82) is 0 Å². The summed E-state index contributed by atoms with van der Waals surface area (Å²) in [4.78, 5) is 2.31. The molecule has 54 heavy (non-hydrogen) atoms. The van der Waals surface area contributed by atoms with Gasteiger partial charge in [-0.2, -0.15) is 0 Å². The number of hydrogen-bond acceptors (Lipinski definition) is 2. The maximum atomic E-state index is 7.00. The van der Waals surface area contributed by atoms with Crippen LogP contribution in [0.3, 0.4) is 0 Å². The monoisotopic (exact) mass is 689 g/mol. The molecule has 0 atom stereocenters. The normalized spacial score (nSPS) is 11.3. The summed E-state index contributed by atoms with van der Waals surface area (Å²) < 4.78 is 7.00. The molecule has 2 nitrogen and oxygen atoms in total. The van der Waals surface area contributed by atoms with Crippen molar-refractivity contribution in [2.45, 2.75) is 0 Å². The lowest BCUT2D eigenvalue weighted by atomic mass is 9.93. The quantitative estimate of drug-likeness (QED) is 0.166. The van der Waals surface area contributed by atoms with Crippen LogP contribution in [0.5, 0.6) is 0 Å². The number of hydrogen-bond donors (Lipinski definition) is 0. The van der Waals surface area contributed by atoms with Gasteiger partial charge in [-0.3, -0.25) is 0 Å². The van der Waals surface area contributed by atoms with Crippen LogP contribution in [-0.4, -0.2) is 0 Å². The lowest BCUT2D eigenvalue weighted by molar-refractivity contribution is 0.671. The third-order valence-electron chi connectivity index (χ3n) is 10.5. The van der Waals surface area contributed by atoms with Crippen LogP contribution in [0, 0.1) is 0 Å². The molecule has 0 bridgehead atoms. The van der Waals surface area contributed by atoms with E-state index in [-0.39, 0.29) is 0 Å². The van der Waals surface area contributed by atoms with E-state index in [4.69, 9.17) is 4.42 Å². The van der Waals surface area contributed by atoms with Gasteiger partial charge >= 0.3 is 0 Å². The predicted molar refractivity (Wildman–Crippen MR) is 228 cm³/mol. The molecule has 0 saturated heterocycles. The minimum atomic E-state index is 0.897. The molecule has 10 rings (SSSR count). The first-order valence-corrected chi connectivity index (χ1v) is 18.4. The van der Waals surface area contributed by atoms with Gasteiger partial charge < -0.3 is 9.32 Å². The number of fused-ring (bicyclic) bond motifs is 4. The van der Waals surface area contributed by atoms with Gasteiger partial charge in [0.05, 0.1) is 0 Å². The van der Waals surface area contributed by atoms with E-state index in [1.807, 2.05) is 0 Å². The fourth-order valence-electron chi connectivity index (χ4n) is 7.82. The third-order valence-corrected chi connectivity index (χ3v) is 10.5. The molecule has 0 aliphatic carbocycles. The van der Waals surface area contributed by atoms with Crippen molar-refractivity contribution >= 4 is 49.8 Å². The molecule has 1 aromatic heterocycles. The van der Waals surface area contributed by atoms with Crippen LogP contribution in [0.15, 0.2) is 217 Å². The molecule has 0 unspecified atom stereocenters. The number of nitrogens with zero attached hydrogens (tertiary/aromatic N) is 1. The van der Waals surface area contributed by atoms with Gasteiger partial charge in [-0.05, 0) is 86.6 Å². The summed E-state index contributed by atoms with van der Waals surface area (Å²) in [6, 6.07) is 75.6. The fraction of sp³-hybridized carbons (Fsp3) is 0. The molecule has 0 N–H and O–H groups in total. The van der Waals surface area contributed by atoms with E-state index in [2.05, 4.69) is 217 Å². The van der Waals surface area contributed by atoms with E-state index in [0.29, 0.717) is 0 Å². The molecule has 0 fully saturated rings. The number of rotatable bonds is 7. The summed E-state index contributed by atoms with van der Waals surface area (Å²) in [6.07, 6.45) is 0. The Bertz CT molecular complexity index is 2880. The van der Waals surface area contributed by atoms with Crippen molar-refractivity contribution in [3.63, 3.8) is 0 Å². The van der Waals surface area contributed by atoms with Crippen LogP contribution in [0.2, 0.25) is 0 Å². The Hall–Kier alpha value is -7.16. The minimum Gasteiger partial charge on any atom is -0.455 e. The largest absolute Gasteiger partial charge is 0.455 e. The van der Waals surface area contributed by atoms with Crippen LogP contribution in [0.1, 0.15) is 0 Å². The Kier molecular flexibility index (Phi) is 7.85. The highest BCUT2D eigenvalue weighted by Crippen LogP contribution is 2.44. The molecule has 9 aromatic carbocycles. The van der Waals surface area contributed by atoms with Crippen molar-refractivity contribution in [3.05, 3.63) is 212 Å². The Morgan fingerprint density at radius 3 is 1.39 bits per heavy atom. The topological polar surface area (TPSA) is 16.4 Å². The van der Waals surface area contributed by atoms with E-state index in [1.54, 1.807) is 0 Å². The van der Waals surface area contributed by atoms with Crippen molar-refractivity contribution in [1.82, 2.24) is 0 Å². The van der Waals surface area contributed by atoms with Crippen molar-refractivity contribution in [2.75, 3.05) is 4.90 Å². The van der Waals surface area contributed by atoms with Crippen molar-refractivity contribution in [2.24, 2.45) is 0 Å². The standard InChI is InChI=1S/C52H35NO/c1-4-13-36(14-5-1)38-23-25-41(26-24-38)50-46-20-11-10-17-42(46)35-49-48-22-12-21-47(51(48)54-52(49)50)40-29-33-45(34-30-40)53(43-18-8-3-9-19-43)44-31-27-39(28-32-44)37-15-6-2-7-16-37/h1-35H. The Morgan fingerprint density at radius 1 is 0.296 bits per heavy atom. The van der Waals surface area contributed by atoms with Crippen LogP contribution < -0.4 is 4.90 Å². The minimum absolute atomic E-state index is 0.897. The van der Waals surface area contributed by atoms with E-state index < -0.39 is 0 Å². The Morgan fingerprint density at radius 2 is 0.759 bits per heavy atom. The van der Waals surface area contributed by atoms with Crippen LogP contribution in [0.4, 0.5) is 17.1 Å². The SMILES string of the molecule is c1ccc(-c2ccc(-c3c4ccccc4cc4c3oc3c(-c5ccc(N(c6ccccc6)c6ccc(-c7ccccc7)cc6)cc5)cccc34)cc2)cc1. The zero-order chi connectivity index (χ0) is 35.8. The molecule has 254 valence electrons. The van der Waals surface area contributed by atoms with Gasteiger partial charge in [0.2, 0.25) is 0 Å². The van der Waals surface area contributed by atoms with Crippen LogP contribution in [0.25, 0.3) is 77.2 Å².